The maximum atomic E-state index is 12.9. The molecule has 1 fully saturated rings. The van der Waals surface area contributed by atoms with Crippen molar-refractivity contribution < 1.29 is 9.21 Å². The summed E-state index contributed by atoms with van der Waals surface area (Å²) in [5, 5.41) is 3.17. The predicted molar refractivity (Wildman–Crippen MR) is 113 cm³/mol. The van der Waals surface area contributed by atoms with Crippen LogP contribution in [0.5, 0.6) is 0 Å². The van der Waals surface area contributed by atoms with Gasteiger partial charge in [0.2, 0.25) is 5.91 Å². The molecule has 0 aliphatic carbocycles. The van der Waals surface area contributed by atoms with E-state index in [1.54, 1.807) is 0 Å². The van der Waals surface area contributed by atoms with Gasteiger partial charge in [0.25, 0.3) is 6.01 Å². The fourth-order valence-electron chi connectivity index (χ4n) is 3.81. The topological polar surface area (TPSA) is 58.4 Å². The van der Waals surface area contributed by atoms with Crippen LogP contribution in [0, 0.1) is 5.92 Å². The van der Waals surface area contributed by atoms with Crippen molar-refractivity contribution in [1.82, 2.24) is 4.98 Å². The SMILES string of the molecule is CC(C)(C)c1ccccc1NC(=O)C1CCN(c2nc3ccccc3o2)CC1. The third-order valence-corrected chi connectivity index (χ3v) is 5.41. The number of benzene rings is 2. The summed E-state index contributed by atoms with van der Waals surface area (Å²) in [4.78, 5) is 19.6. The Morgan fingerprint density at radius 1 is 1.07 bits per heavy atom. The summed E-state index contributed by atoms with van der Waals surface area (Å²) in [5.74, 6) is 0.113. The van der Waals surface area contributed by atoms with E-state index in [1.807, 2.05) is 42.5 Å². The number of oxazole rings is 1. The van der Waals surface area contributed by atoms with Gasteiger partial charge in [0, 0.05) is 24.7 Å². The molecule has 1 aliphatic heterocycles. The van der Waals surface area contributed by atoms with E-state index in [4.69, 9.17) is 4.42 Å². The third kappa shape index (κ3) is 3.75. The van der Waals surface area contributed by atoms with Gasteiger partial charge in [-0.25, -0.2) is 0 Å². The first-order valence-corrected chi connectivity index (χ1v) is 9.93. The number of rotatable bonds is 3. The molecule has 5 nitrogen and oxygen atoms in total. The van der Waals surface area contributed by atoms with Gasteiger partial charge in [-0.1, -0.05) is 51.1 Å². The zero-order chi connectivity index (χ0) is 19.7. The molecule has 1 amide bonds. The average molecular weight is 377 g/mol. The van der Waals surface area contributed by atoms with Gasteiger partial charge in [0.15, 0.2) is 5.58 Å². The molecule has 0 spiro atoms. The highest BCUT2D eigenvalue weighted by Gasteiger charge is 2.28. The Labute approximate surface area is 165 Å². The van der Waals surface area contributed by atoms with Crippen molar-refractivity contribution in [2.24, 2.45) is 5.92 Å². The Kier molecular flexibility index (Phi) is 4.84. The standard InChI is InChI=1S/C23H27N3O2/c1-23(2,3)17-8-4-5-9-18(17)24-21(27)16-12-14-26(15-13-16)22-25-19-10-6-7-11-20(19)28-22/h4-11,16H,12-15H2,1-3H3,(H,24,27). The molecule has 28 heavy (non-hydrogen) atoms. The fraction of sp³-hybridized carbons (Fsp3) is 0.391. The monoisotopic (exact) mass is 377 g/mol. The van der Waals surface area contributed by atoms with Gasteiger partial charge in [-0.2, -0.15) is 4.98 Å². The molecule has 0 bridgehead atoms. The molecule has 4 rings (SSSR count). The molecule has 1 aromatic heterocycles. The molecular weight excluding hydrogens is 350 g/mol. The zero-order valence-electron chi connectivity index (χ0n) is 16.7. The quantitative estimate of drug-likeness (QED) is 0.699. The summed E-state index contributed by atoms with van der Waals surface area (Å²) in [7, 11) is 0. The second-order valence-corrected chi connectivity index (χ2v) is 8.51. The molecule has 1 saturated heterocycles. The van der Waals surface area contributed by atoms with Gasteiger partial charge >= 0.3 is 0 Å². The first-order valence-electron chi connectivity index (χ1n) is 9.93. The van der Waals surface area contributed by atoms with E-state index in [0.717, 1.165) is 48.3 Å². The molecule has 2 heterocycles. The van der Waals surface area contributed by atoms with Crippen LogP contribution in [0.2, 0.25) is 0 Å². The van der Waals surface area contributed by atoms with E-state index in [-0.39, 0.29) is 17.2 Å². The minimum absolute atomic E-state index is 0.00801. The number of nitrogens with one attached hydrogen (secondary N) is 1. The highest BCUT2D eigenvalue weighted by molar-refractivity contribution is 5.93. The number of carbonyl (C=O) groups is 1. The van der Waals surface area contributed by atoms with Crippen molar-refractivity contribution in [1.29, 1.82) is 0 Å². The maximum absolute atomic E-state index is 12.9. The Morgan fingerprint density at radius 3 is 2.46 bits per heavy atom. The van der Waals surface area contributed by atoms with E-state index in [2.05, 4.69) is 42.0 Å². The van der Waals surface area contributed by atoms with Crippen molar-refractivity contribution >= 4 is 28.7 Å². The number of aromatic nitrogens is 1. The average Bonchev–Trinajstić information content (AvgIpc) is 3.12. The van der Waals surface area contributed by atoms with Crippen molar-refractivity contribution in [3.05, 3.63) is 54.1 Å². The number of hydrogen-bond acceptors (Lipinski definition) is 4. The molecule has 0 radical (unpaired) electrons. The molecule has 2 aromatic carbocycles. The van der Waals surface area contributed by atoms with Crippen molar-refractivity contribution in [3.8, 4) is 0 Å². The number of anilines is 2. The maximum Gasteiger partial charge on any atom is 0.298 e. The number of para-hydroxylation sites is 3. The minimum Gasteiger partial charge on any atom is -0.423 e. The predicted octanol–water partition coefficient (Wildman–Crippen LogP) is 4.98. The molecule has 146 valence electrons. The van der Waals surface area contributed by atoms with E-state index in [1.165, 1.54) is 0 Å². The normalized spacial score (nSPS) is 15.8. The van der Waals surface area contributed by atoms with Gasteiger partial charge < -0.3 is 14.6 Å². The number of fused-ring (bicyclic) bond motifs is 1. The van der Waals surface area contributed by atoms with Gasteiger partial charge in [-0.3, -0.25) is 4.79 Å². The summed E-state index contributed by atoms with van der Waals surface area (Å²) in [6.07, 6.45) is 1.59. The Bertz CT molecular complexity index is 946. The lowest BCUT2D eigenvalue weighted by molar-refractivity contribution is -0.120. The molecule has 1 N–H and O–H groups in total. The van der Waals surface area contributed by atoms with E-state index in [0.29, 0.717) is 6.01 Å². The second kappa shape index (κ2) is 7.30. The lowest BCUT2D eigenvalue weighted by Gasteiger charge is -2.30. The van der Waals surface area contributed by atoms with Gasteiger partial charge in [-0.05, 0) is 42.0 Å². The van der Waals surface area contributed by atoms with E-state index >= 15 is 0 Å². The van der Waals surface area contributed by atoms with Crippen LogP contribution in [0.25, 0.3) is 11.1 Å². The van der Waals surface area contributed by atoms with E-state index in [9.17, 15) is 4.79 Å². The molecule has 0 saturated carbocycles. The van der Waals surface area contributed by atoms with Crippen LogP contribution in [-0.2, 0) is 10.2 Å². The highest BCUT2D eigenvalue weighted by Crippen LogP contribution is 2.31. The number of amides is 1. The number of nitrogens with zero attached hydrogens (tertiary/aromatic N) is 2. The zero-order valence-corrected chi connectivity index (χ0v) is 16.7. The van der Waals surface area contributed by atoms with Crippen LogP contribution in [0.4, 0.5) is 11.7 Å². The second-order valence-electron chi connectivity index (χ2n) is 8.51. The van der Waals surface area contributed by atoms with Crippen LogP contribution in [-0.4, -0.2) is 24.0 Å². The molecule has 3 aromatic rings. The molecular formula is C23H27N3O2. The first kappa shape index (κ1) is 18.5. The number of carbonyl (C=O) groups excluding carboxylic acids is 1. The highest BCUT2D eigenvalue weighted by atomic mass is 16.4. The minimum atomic E-state index is -0.0137. The largest absolute Gasteiger partial charge is 0.423 e. The van der Waals surface area contributed by atoms with Crippen LogP contribution < -0.4 is 10.2 Å². The Morgan fingerprint density at radius 2 is 1.75 bits per heavy atom. The van der Waals surface area contributed by atoms with Crippen molar-refractivity contribution in [2.75, 3.05) is 23.3 Å². The van der Waals surface area contributed by atoms with Gasteiger partial charge in [-0.15, -0.1) is 0 Å². The number of hydrogen-bond donors (Lipinski definition) is 1. The third-order valence-electron chi connectivity index (χ3n) is 5.41. The molecule has 5 heteroatoms. The Hall–Kier alpha value is -2.82. The number of piperidine rings is 1. The summed E-state index contributed by atoms with van der Waals surface area (Å²) in [6, 6.07) is 16.5. The van der Waals surface area contributed by atoms with Crippen molar-refractivity contribution in [3.63, 3.8) is 0 Å². The van der Waals surface area contributed by atoms with Crippen LogP contribution in [0.15, 0.2) is 52.9 Å². The van der Waals surface area contributed by atoms with E-state index < -0.39 is 0 Å². The first-order chi connectivity index (χ1) is 13.4. The lowest BCUT2D eigenvalue weighted by atomic mass is 9.85. The van der Waals surface area contributed by atoms with Gasteiger partial charge in [0.1, 0.15) is 5.52 Å². The summed E-state index contributed by atoms with van der Waals surface area (Å²) in [6.45, 7) is 8.03. The van der Waals surface area contributed by atoms with Crippen molar-refractivity contribution in [2.45, 2.75) is 39.0 Å². The van der Waals surface area contributed by atoms with Gasteiger partial charge in [0.05, 0.1) is 0 Å². The van der Waals surface area contributed by atoms with Crippen LogP contribution in [0.1, 0.15) is 39.2 Å². The lowest BCUT2D eigenvalue weighted by Crippen LogP contribution is -2.38. The summed E-state index contributed by atoms with van der Waals surface area (Å²) in [5.41, 5.74) is 3.74. The molecule has 0 unspecified atom stereocenters. The smallest absolute Gasteiger partial charge is 0.298 e. The fourth-order valence-corrected chi connectivity index (χ4v) is 3.81. The summed E-state index contributed by atoms with van der Waals surface area (Å²) >= 11 is 0. The Balaban J connectivity index is 1.41. The summed E-state index contributed by atoms with van der Waals surface area (Å²) < 4.78 is 5.87. The van der Waals surface area contributed by atoms with Crippen LogP contribution in [0.3, 0.4) is 0 Å². The van der Waals surface area contributed by atoms with Crippen LogP contribution >= 0.6 is 0 Å². The molecule has 0 atom stereocenters. The molecule has 1 aliphatic rings.